The standard InChI is InChI=1S/C70H112N2/c1-64(2,3)49-30-22-26-45(34-49)58-40-54(69(16,17)18)41-59(46-27-23-31-50(35-46)65(4,5)6)62(58)71-56-38-53(68(13,14)15)39-57(44-56)72-63-60(47-28-24-32-51(36-47)66(7,8)9)42-55(70(19,20)21)43-61(63)48-29-25-33-52(37-48)67(10,11)12/h26,28,31,33,38-39,41,43-44,46,48-49,51,54-55,58,60,62-63,71-72H,22-25,27,29-30,32,34-37,40,42H2,1-21H3. The van der Waals surface area contributed by atoms with Crippen LogP contribution < -0.4 is 10.6 Å². The second-order valence-electron chi connectivity index (χ2n) is 32.4. The number of hydrogen-bond acceptors (Lipinski definition) is 2. The Balaban J connectivity index is 1.37. The highest BCUT2D eigenvalue weighted by molar-refractivity contribution is 5.63. The molecule has 0 bridgehead atoms. The van der Waals surface area contributed by atoms with Gasteiger partial charge in [-0.05, 0) is 198 Å². The Hall–Kier alpha value is -2.74. The third kappa shape index (κ3) is 13.6. The van der Waals surface area contributed by atoms with Gasteiger partial charge in [-0.25, -0.2) is 0 Å². The number of rotatable bonds is 8. The molecule has 0 saturated carbocycles. The first-order chi connectivity index (χ1) is 33.1. The first-order valence-corrected chi connectivity index (χ1v) is 30.0. The normalized spacial score (nSPS) is 30.8. The van der Waals surface area contributed by atoms with Crippen molar-refractivity contribution in [3.05, 3.63) is 93.7 Å². The quantitative estimate of drug-likeness (QED) is 0.254. The Labute approximate surface area is 446 Å². The Morgan fingerprint density at radius 1 is 0.389 bits per heavy atom. The summed E-state index contributed by atoms with van der Waals surface area (Å²) < 4.78 is 0. The van der Waals surface area contributed by atoms with E-state index in [1.54, 1.807) is 33.4 Å². The van der Waals surface area contributed by atoms with E-state index in [2.05, 4.69) is 211 Å². The van der Waals surface area contributed by atoms with Gasteiger partial charge in [-0.3, -0.25) is 0 Å². The van der Waals surface area contributed by atoms with Crippen molar-refractivity contribution < 1.29 is 0 Å². The lowest BCUT2D eigenvalue weighted by molar-refractivity contribution is 0.192. The third-order valence-electron chi connectivity index (χ3n) is 19.8. The summed E-state index contributed by atoms with van der Waals surface area (Å²) in [5.74, 6) is 4.55. The van der Waals surface area contributed by atoms with E-state index in [1.165, 1.54) is 107 Å². The lowest BCUT2D eigenvalue weighted by Crippen LogP contribution is -2.43. The molecule has 2 heteroatoms. The lowest BCUT2D eigenvalue weighted by Gasteiger charge is -2.48. The summed E-state index contributed by atoms with van der Waals surface area (Å²) in [7, 11) is 0. The van der Waals surface area contributed by atoms with Crippen LogP contribution in [0.2, 0.25) is 0 Å². The van der Waals surface area contributed by atoms with Crippen molar-refractivity contribution in [2.75, 3.05) is 10.6 Å². The van der Waals surface area contributed by atoms with Crippen LogP contribution in [0.15, 0.2) is 88.1 Å². The van der Waals surface area contributed by atoms with E-state index in [9.17, 15) is 0 Å². The predicted octanol–water partition coefficient (Wildman–Crippen LogP) is 20.9. The Morgan fingerprint density at radius 2 is 0.750 bits per heavy atom. The largest absolute Gasteiger partial charge is 0.378 e. The summed E-state index contributed by atoms with van der Waals surface area (Å²) in [5.41, 5.74) is 15.6. The van der Waals surface area contributed by atoms with Crippen molar-refractivity contribution >= 4 is 11.4 Å². The molecule has 1 aromatic rings. The molecule has 0 saturated heterocycles. The molecule has 7 rings (SSSR count). The lowest BCUT2D eigenvalue weighted by atomic mass is 9.61. The molecule has 72 heavy (non-hydrogen) atoms. The molecule has 6 aliphatic rings. The van der Waals surface area contributed by atoms with Gasteiger partial charge in [0.05, 0.1) is 12.1 Å². The number of anilines is 2. The maximum Gasteiger partial charge on any atom is 0.0542 e. The highest BCUT2D eigenvalue weighted by Crippen LogP contribution is 2.54. The van der Waals surface area contributed by atoms with Crippen LogP contribution in [-0.4, -0.2) is 12.1 Å². The van der Waals surface area contributed by atoms with Gasteiger partial charge < -0.3 is 10.6 Å². The van der Waals surface area contributed by atoms with Crippen molar-refractivity contribution in [1.82, 2.24) is 0 Å². The number of nitrogens with one attached hydrogen (secondary N) is 2. The van der Waals surface area contributed by atoms with E-state index in [0.29, 0.717) is 58.2 Å². The van der Waals surface area contributed by atoms with Crippen LogP contribution in [-0.2, 0) is 5.41 Å². The Kier molecular flexibility index (Phi) is 16.6. The van der Waals surface area contributed by atoms with E-state index in [-0.39, 0.29) is 39.2 Å². The average Bonchev–Trinajstić information content (AvgIpc) is 3.27. The maximum absolute atomic E-state index is 4.56. The average molecular weight is 982 g/mol. The van der Waals surface area contributed by atoms with E-state index in [0.717, 1.165) is 0 Å². The van der Waals surface area contributed by atoms with E-state index < -0.39 is 0 Å². The highest BCUT2D eigenvalue weighted by atomic mass is 15.0. The van der Waals surface area contributed by atoms with Gasteiger partial charge in [0.15, 0.2) is 0 Å². The summed E-state index contributed by atoms with van der Waals surface area (Å²) >= 11 is 0. The Bertz CT molecular complexity index is 2100. The molecule has 10 atom stereocenters. The highest BCUT2D eigenvalue weighted by Gasteiger charge is 2.45. The minimum absolute atomic E-state index is 0.0126. The van der Waals surface area contributed by atoms with Crippen LogP contribution in [0.1, 0.15) is 241 Å². The van der Waals surface area contributed by atoms with Gasteiger partial charge in [0.25, 0.3) is 0 Å². The van der Waals surface area contributed by atoms with Crippen molar-refractivity contribution in [1.29, 1.82) is 0 Å². The summed E-state index contributed by atoms with van der Waals surface area (Å²) in [6.07, 6.45) is 33.5. The molecule has 0 heterocycles. The second kappa shape index (κ2) is 21.0. The molecule has 0 amide bonds. The molecule has 1 aromatic carbocycles. The number of hydrogen-bond donors (Lipinski definition) is 2. The first-order valence-electron chi connectivity index (χ1n) is 30.0. The molecule has 0 spiro atoms. The zero-order valence-corrected chi connectivity index (χ0v) is 50.9. The van der Waals surface area contributed by atoms with Gasteiger partial charge in [0.2, 0.25) is 0 Å². The smallest absolute Gasteiger partial charge is 0.0542 e. The molecule has 402 valence electrons. The molecule has 0 radical (unpaired) electrons. The van der Waals surface area contributed by atoms with Gasteiger partial charge in [-0.1, -0.05) is 204 Å². The molecule has 2 nitrogen and oxygen atoms in total. The summed E-state index contributed by atoms with van der Waals surface area (Å²) in [4.78, 5) is 0. The minimum atomic E-state index is -0.0126. The van der Waals surface area contributed by atoms with Crippen LogP contribution in [0.25, 0.3) is 0 Å². The van der Waals surface area contributed by atoms with Gasteiger partial charge >= 0.3 is 0 Å². The van der Waals surface area contributed by atoms with Gasteiger partial charge in [-0.15, -0.1) is 0 Å². The molecule has 10 unspecified atom stereocenters. The van der Waals surface area contributed by atoms with Gasteiger partial charge in [-0.2, -0.15) is 0 Å². The topological polar surface area (TPSA) is 24.1 Å². The van der Waals surface area contributed by atoms with Crippen LogP contribution in [0, 0.1) is 79.8 Å². The Morgan fingerprint density at radius 3 is 1.07 bits per heavy atom. The zero-order chi connectivity index (χ0) is 53.1. The van der Waals surface area contributed by atoms with E-state index in [1.807, 2.05) is 0 Å². The molecule has 6 aliphatic carbocycles. The van der Waals surface area contributed by atoms with Crippen molar-refractivity contribution in [2.45, 2.75) is 253 Å². The number of allylic oxidation sites excluding steroid dienone is 8. The molecular formula is C70H112N2. The van der Waals surface area contributed by atoms with Crippen LogP contribution in [0.4, 0.5) is 11.4 Å². The minimum Gasteiger partial charge on any atom is -0.378 e. The summed E-state index contributed by atoms with van der Waals surface area (Å²) in [5, 5.41) is 9.13. The maximum atomic E-state index is 4.56. The molecule has 0 fully saturated rings. The molecule has 0 aromatic heterocycles. The van der Waals surface area contributed by atoms with Gasteiger partial charge in [0, 0.05) is 23.2 Å². The molecular weight excluding hydrogens is 869 g/mol. The van der Waals surface area contributed by atoms with Crippen LogP contribution in [0.5, 0.6) is 0 Å². The number of benzene rings is 1. The second-order valence-corrected chi connectivity index (χ2v) is 32.4. The van der Waals surface area contributed by atoms with E-state index in [4.69, 9.17) is 0 Å². The van der Waals surface area contributed by atoms with Crippen LogP contribution in [0.3, 0.4) is 0 Å². The van der Waals surface area contributed by atoms with Crippen molar-refractivity contribution in [3.8, 4) is 0 Å². The van der Waals surface area contributed by atoms with Crippen molar-refractivity contribution in [2.24, 2.45) is 79.8 Å². The fourth-order valence-corrected chi connectivity index (χ4v) is 14.3. The van der Waals surface area contributed by atoms with Crippen molar-refractivity contribution in [3.63, 3.8) is 0 Å². The van der Waals surface area contributed by atoms with E-state index >= 15 is 0 Å². The summed E-state index contributed by atoms with van der Waals surface area (Å²) in [6.45, 7) is 52.1. The predicted molar refractivity (Wildman–Crippen MR) is 318 cm³/mol. The molecule has 2 N–H and O–H groups in total. The fraction of sp³-hybridized carbons (Fsp3) is 0.743. The monoisotopic (exact) mass is 981 g/mol. The first kappa shape index (κ1) is 57.0. The third-order valence-corrected chi connectivity index (χ3v) is 19.8. The zero-order valence-electron chi connectivity index (χ0n) is 50.9. The SMILES string of the molecule is CC(C)(C)C1=CCCC(C2=CC(C(C)(C)C)CC(C3=CCCC(C(C)(C)C)C3)C2Nc2cc(NC3C(C4CCC=C(C(C)(C)C)C4)=CC(C(C)(C)C)CC3C3=CCCC(C(C)(C)C)C3)cc(C(C)(C)C)c2)C1. The fourth-order valence-electron chi connectivity index (χ4n) is 14.3. The molecule has 0 aliphatic heterocycles. The van der Waals surface area contributed by atoms with Gasteiger partial charge in [0.1, 0.15) is 0 Å². The summed E-state index contributed by atoms with van der Waals surface area (Å²) in [6, 6.07) is 8.23. The van der Waals surface area contributed by atoms with Crippen LogP contribution >= 0.6 is 0 Å².